The number of rotatable bonds is 1. The average Bonchev–Trinajstić information content (AvgIpc) is 2.87. The van der Waals surface area contributed by atoms with Crippen LogP contribution in [0.4, 0.5) is 16.2 Å². The Labute approximate surface area is 161 Å². The number of urea groups is 1. The first-order valence-electron chi connectivity index (χ1n) is 10.2. The van der Waals surface area contributed by atoms with Gasteiger partial charge in [-0.25, -0.2) is 4.79 Å². The molecule has 0 spiro atoms. The lowest BCUT2D eigenvalue weighted by atomic mass is 9.98. The van der Waals surface area contributed by atoms with Gasteiger partial charge in [-0.15, -0.1) is 0 Å². The van der Waals surface area contributed by atoms with E-state index in [-0.39, 0.29) is 12.1 Å². The molecule has 3 heterocycles. The Bertz CT molecular complexity index is 803. The number of carbonyl (C=O) groups excluding carboxylic acids is 1. The van der Waals surface area contributed by atoms with Crippen molar-refractivity contribution in [2.24, 2.45) is 0 Å². The van der Waals surface area contributed by atoms with Crippen LogP contribution in [0.25, 0.3) is 0 Å². The van der Waals surface area contributed by atoms with Crippen LogP contribution in [0.3, 0.4) is 0 Å². The van der Waals surface area contributed by atoms with Crippen molar-refractivity contribution in [2.45, 2.75) is 56.7 Å². The predicted octanol–water partition coefficient (Wildman–Crippen LogP) is 4.26. The zero-order valence-electron chi connectivity index (χ0n) is 15.9. The number of anilines is 2. The molecular weight excluding hydrogens is 334 g/mol. The number of nitrogens with one attached hydrogen (secondary N) is 1. The molecule has 4 heteroatoms. The molecule has 2 aromatic rings. The van der Waals surface area contributed by atoms with Gasteiger partial charge in [0.1, 0.15) is 0 Å². The van der Waals surface area contributed by atoms with Gasteiger partial charge in [0.2, 0.25) is 0 Å². The van der Waals surface area contributed by atoms with Crippen molar-refractivity contribution in [3.63, 3.8) is 0 Å². The summed E-state index contributed by atoms with van der Waals surface area (Å²) in [6.45, 7) is 0. The van der Waals surface area contributed by atoms with Crippen molar-refractivity contribution >= 4 is 17.4 Å². The Morgan fingerprint density at radius 3 is 1.96 bits per heavy atom. The van der Waals surface area contributed by atoms with Gasteiger partial charge in [-0.3, -0.25) is 4.90 Å². The van der Waals surface area contributed by atoms with Crippen molar-refractivity contribution in [3.8, 4) is 0 Å². The molecule has 3 atom stereocenters. The lowest BCUT2D eigenvalue weighted by Crippen LogP contribution is -2.51. The third-order valence-electron chi connectivity index (χ3n) is 6.76. The summed E-state index contributed by atoms with van der Waals surface area (Å²) in [4.78, 5) is 17.9. The van der Waals surface area contributed by atoms with Gasteiger partial charge in [-0.1, -0.05) is 36.4 Å². The van der Waals surface area contributed by atoms with E-state index in [1.54, 1.807) is 0 Å². The van der Waals surface area contributed by atoms with Gasteiger partial charge < -0.3 is 10.2 Å². The second-order valence-corrected chi connectivity index (χ2v) is 8.26. The van der Waals surface area contributed by atoms with Gasteiger partial charge in [0, 0.05) is 18.1 Å². The van der Waals surface area contributed by atoms with Crippen LogP contribution < -0.4 is 10.2 Å². The van der Waals surface area contributed by atoms with Crippen molar-refractivity contribution in [3.05, 3.63) is 59.7 Å². The number of hydrogen-bond donors (Lipinski definition) is 1. The maximum absolute atomic E-state index is 13.5. The molecule has 2 saturated heterocycles. The third-order valence-corrected chi connectivity index (χ3v) is 6.76. The van der Waals surface area contributed by atoms with Crippen LogP contribution in [0.2, 0.25) is 0 Å². The Morgan fingerprint density at radius 1 is 0.889 bits per heavy atom. The Kier molecular flexibility index (Phi) is 4.16. The molecule has 3 aliphatic rings. The van der Waals surface area contributed by atoms with Crippen molar-refractivity contribution in [2.75, 3.05) is 11.9 Å². The number of nitrogens with zero attached hydrogens (tertiary/aromatic N) is 2. The standard InChI is InChI=1S/C23H27N3O/c1-25-19-12-13-20(25)15-18(14-19)24-23(27)26-21-8-4-2-6-16(21)10-11-17-7-3-5-9-22(17)26/h2-9,18-20H,10-15H2,1H3,(H,24,27)/t18?,19-,20+. The topological polar surface area (TPSA) is 35.6 Å². The van der Waals surface area contributed by atoms with Crippen LogP contribution in [0.1, 0.15) is 36.8 Å². The zero-order chi connectivity index (χ0) is 18.4. The van der Waals surface area contributed by atoms with Crippen LogP contribution >= 0.6 is 0 Å². The highest BCUT2D eigenvalue weighted by molar-refractivity contribution is 6.01. The number of aryl methyl sites for hydroxylation is 2. The van der Waals surface area contributed by atoms with E-state index in [0.29, 0.717) is 12.1 Å². The molecule has 1 unspecified atom stereocenters. The van der Waals surface area contributed by atoms with Crippen LogP contribution in [0.5, 0.6) is 0 Å². The highest BCUT2D eigenvalue weighted by Crippen LogP contribution is 2.37. The summed E-state index contributed by atoms with van der Waals surface area (Å²) in [6, 6.07) is 18.2. The van der Waals surface area contributed by atoms with Crippen LogP contribution in [0.15, 0.2) is 48.5 Å². The Hall–Kier alpha value is -2.33. The van der Waals surface area contributed by atoms with E-state index in [1.807, 2.05) is 17.0 Å². The molecular formula is C23H27N3O. The number of para-hydroxylation sites is 2. The number of hydrogen-bond acceptors (Lipinski definition) is 2. The SMILES string of the molecule is CN1[C@@H]2CC[C@H]1CC(NC(=O)N1c3ccccc3CCc3ccccc31)C2. The van der Waals surface area contributed by atoms with Crippen molar-refractivity contribution in [1.29, 1.82) is 0 Å². The van der Waals surface area contributed by atoms with Gasteiger partial charge in [0.25, 0.3) is 0 Å². The maximum atomic E-state index is 13.5. The minimum absolute atomic E-state index is 0.0192. The lowest BCUT2D eigenvalue weighted by Gasteiger charge is -2.37. The molecule has 1 N–H and O–H groups in total. The first-order chi connectivity index (χ1) is 13.2. The van der Waals surface area contributed by atoms with E-state index in [0.717, 1.165) is 37.1 Å². The predicted molar refractivity (Wildman–Crippen MR) is 109 cm³/mol. The molecule has 0 saturated carbocycles. The van der Waals surface area contributed by atoms with Gasteiger partial charge >= 0.3 is 6.03 Å². The number of benzene rings is 2. The summed E-state index contributed by atoms with van der Waals surface area (Å²) in [6.07, 6.45) is 6.60. The summed E-state index contributed by atoms with van der Waals surface area (Å²) < 4.78 is 0. The number of amides is 2. The van der Waals surface area contributed by atoms with E-state index in [2.05, 4.69) is 53.7 Å². The molecule has 2 aromatic carbocycles. The van der Waals surface area contributed by atoms with Crippen molar-refractivity contribution in [1.82, 2.24) is 10.2 Å². The molecule has 2 amide bonds. The largest absolute Gasteiger partial charge is 0.335 e. The molecule has 0 aliphatic carbocycles. The first kappa shape index (κ1) is 16.8. The van der Waals surface area contributed by atoms with Crippen LogP contribution in [-0.4, -0.2) is 36.1 Å². The van der Waals surface area contributed by atoms with Crippen molar-refractivity contribution < 1.29 is 4.79 Å². The number of piperidine rings is 1. The summed E-state index contributed by atoms with van der Waals surface area (Å²) in [5, 5.41) is 3.38. The van der Waals surface area contributed by atoms with Gasteiger partial charge in [0.15, 0.2) is 0 Å². The fraction of sp³-hybridized carbons (Fsp3) is 0.435. The maximum Gasteiger partial charge on any atom is 0.326 e. The van der Waals surface area contributed by atoms with Crippen LogP contribution in [-0.2, 0) is 12.8 Å². The highest BCUT2D eigenvalue weighted by atomic mass is 16.2. The molecule has 140 valence electrons. The Balaban J connectivity index is 1.46. The van der Waals surface area contributed by atoms with E-state index in [4.69, 9.17) is 0 Å². The van der Waals surface area contributed by atoms with Gasteiger partial charge in [0.05, 0.1) is 11.4 Å². The molecule has 3 aliphatic heterocycles. The smallest absolute Gasteiger partial charge is 0.326 e. The number of fused-ring (bicyclic) bond motifs is 4. The first-order valence-corrected chi connectivity index (χ1v) is 10.2. The molecule has 4 nitrogen and oxygen atoms in total. The number of carbonyl (C=O) groups is 1. The van der Waals surface area contributed by atoms with E-state index in [1.165, 1.54) is 24.0 Å². The van der Waals surface area contributed by atoms with E-state index in [9.17, 15) is 4.79 Å². The normalized spacial score (nSPS) is 26.9. The average molecular weight is 361 g/mol. The molecule has 0 aromatic heterocycles. The lowest BCUT2D eigenvalue weighted by molar-refractivity contribution is 0.150. The quantitative estimate of drug-likeness (QED) is 0.824. The minimum atomic E-state index is 0.0192. The third kappa shape index (κ3) is 2.92. The molecule has 0 radical (unpaired) electrons. The molecule has 5 rings (SSSR count). The van der Waals surface area contributed by atoms with E-state index < -0.39 is 0 Å². The second kappa shape index (κ2) is 6.68. The second-order valence-electron chi connectivity index (χ2n) is 8.26. The monoisotopic (exact) mass is 361 g/mol. The fourth-order valence-electron chi connectivity index (χ4n) is 5.27. The molecule has 27 heavy (non-hydrogen) atoms. The minimum Gasteiger partial charge on any atom is -0.335 e. The summed E-state index contributed by atoms with van der Waals surface area (Å²) >= 11 is 0. The summed E-state index contributed by atoms with van der Waals surface area (Å²) in [7, 11) is 2.24. The van der Waals surface area contributed by atoms with Crippen LogP contribution in [0, 0.1) is 0 Å². The highest BCUT2D eigenvalue weighted by Gasteiger charge is 2.39. The summed E-state index contributed by atoms with van der Waals surface area (Å²) in [5.41, 5.74) is 4.53. The summed E-state index contributed by atoms with van der Waals surface area (Å²) in [5.74, 6) is 0. The van der Waals surface area contributed by atoms with Gasteiger partial charge in [-0.2, -0.15) is 0 Å². The zero-order valence-corrected chi connectivity index (χ0v) is 15.9. The van der Waals surface area contributed by atoms with E-state index >= 15 is 0 Å². The molecule has 2 fully saturated rings. The molecule has 2 bridgehead atoms. The van der Waals surface area contributed by atoms with Gasteiger partial charge in [-0.05, 0) is 68.8 Å². The Morgan fingerprint density at radius 2 is 1.41 bits per heavy atom. The fourth-order valence-corrected chi connectivity index (χ4v) is 5.27.